The van der Waals surface area contributed by atoms with Gasteiger partial charge < -0.3 is 10.2 Å². The van der Waals surface area contributed by atoms with Gasteiger partial charge in [0.25, 0.3) is 0 Å². The molecule has 18 heavy (non-hydrogen) atoms. The van der Waals surface area contributed by atoms with Crippen LogP contribution in [0.15, 0.2) is 47.6 Å². The van der Waals surface area contributed by atoms with Crippen molar-refractivity contribution in [3.63, 3.8) is 0 Å². The Morgan fingerprint density at radius 3 is 2.44 bits per heavy atom. The van der Waals surface area contributed by atoms with Crippen LogP contribution in [0.3, 0.4) is 0 Å². The number of hydrogen-bond acceptors (Lipinski definition) is 2. The summed E-state index contributed by atoms with van der Waals surface area (Å²) in [6.45, 7) is 9.22. The van der Waals surface area contributed by atoms with E-state index in [-0.39, 0.29) is 0 Å². The van der Waals surface area contributed by atoms with Crippen molar-refractivity contribution in [2.24, 2.45) is 0 Å². The fraction of sp³-hybridized carbons (Fsp3) is 0.400. The molecule has 0 aromatic rings. The van der Waals surface area contributed by atoms with E-state index in [0.717, 1.165) is 23.6 Å². The van der Waals surface area contributed by atoms with Crippen LogP contribution in [0.2, 0.25) is 0 Å². The maximum absolute atomic E-state index is 10.4. The van der Waals surface area contributed by atoms with E-state index in [1.807, 2.05) is 26.0 Å². The highest BCUT2D eigenvalue weighted by Gasteiger charge is 2.03. The molecule has 1 atom stereocenters. The Hall–Kier alpha value is -1.61. The maximum atomic E-state index is 10.4. The molecule has 0 fully saturated rings. The minimum atomic E-state index is -0.942. The fourth-order valence-corrected chi connectivity index (χ4v) is 1.30. The lowest BCUT2D eigenvalue weighted by atomic mass is 10.0. The zero-order chi connectivity index (χ0) is 14.1. The van der Waals surface area contributed by atoms with Crippen LogP contribution in [-0.4, -0.2) is 22.3 Å². The number of allylic oxidation sites excluding steroid dienone is 5. The first kappa shape index (κ1) is 16.4. The van der Waals surface area contributed by atoms with Gasteiger partial charge in [-0.05, 0) is 39.2 Å². The van der Waals surface area contributed by atoms with E-state index in [1.165, 1.54) is 0 Å². The third kappa shape index (κ3) is 8.53. The van der Waals surface area contributed by atoms with E-state index in [1.54, 1.807) is 13.0 Å². The largest absolute Gasteiger partial charge is 0.478 e. The Morgan fingerprint density at radius 1 is 1.33 bits per heavy atom. The van der Waals surface area contributed by atoms with Gasteiger partial charge in [-0.15, -0.1) is 0 Å². The number of aliphatic hydroxyl groups is 1. The molecule has 0 heterocycles. The normalized spacial score (nSPS) is 14.9. The predicted molar refractivity (Wildman–Crippen MR) is 74.3 cm³/mol. The summed E-state index contributed by atoms with van der Waals surface area (Å²) < 4.78 is 0. The van der Waals surface area contributed by atoms with Crippen LogP contribution in [0.4, 0.5) is 0 Å². The smallest absolute Gasteiger partial charge is 0.328 e. The van der Waals surface area contributed by atoms with E-state index >= 15 is 0 Å². The molecule has 0 aliphatic rings. The summed E-state index contributed by atoms with van der Waals surface area (Å²) in [7, 11) is 0. The molecule has 100 valence electrons. The van der Waals surface area contributed by atoms with Crippen molar-refractivity contribution in [1.82, 2.24) is 0 Å². The highest BCUT2D eigenvalue weighted by molar-refractivity contribution is 5.81. The molecule has 2 N–H and O–H groups in total. The Labute approximate surface area is 109 Å². The van der Waals surface area contributed by atoms with Gasteiger partial charge in [0.05, 0.1) is 6.10 Å². The van der Waals surface area contributed by atoms with Crippen molar-refractivity contribution in [1.29, 1.82) is 0 Å². The quantitative estimate of drug-likeness (QED) is 0.414. The first-order valence-corrected chi connectivity index (χ1v) is 5.91. The average molecular weight is 250 g/mol. The summed E-state index contributed by atoms with van der Waals surface area (Å²) in [5.74, 6) is -0.942. The average Bonchev–Trinajstić information content (AvgIpc) is 2.24. The highest BCUT2D eigenvalue weighted by Crippen LogP contribution is 2.11. The monoisotopic (exact) mass is 250 g/mol. The van der Waals surface area contributed by atoms with Crippen molar-refractivity contribution in [2.45, 2.75) is 39.7 Å². The van der Waals surface area contributed by atoms with Crippen molar-refractivity contribution >= 4 is 5.97 Å². The summed E-state index contributed by atoms with van der Waals surface area (Å²) in [6, 6.07) is 0. The molecule has 0 bridgehead atoms. The number of rotatable bonds is 7. The number of carbonyl (C=O) groups is 1. The van der Waals surface area contributed by atoms with Crippen LogP contribution < -0.4 is 0 Å². The molecule has 0 aromatic heterocycles. The zero-order valence-electron chi connectivity index (χ0n) is 11.3. The lowest BCUT2D eigenvalue weighted by Crippen LogP contribution is -2.06. The van der Waals surface area contributed by atoms with Crippen molar-refractivity contribution in [3.05, 3.63) is 47.6 Å². The molecule has 0 spiro atoms. The van der Waals surface area contributed by atoms with Crippen LogP contribution in [0, 0.1) is 0 Å². The molecule has 0 aliphatic heterocycles. The minimum Gasteiger partial charge on any atom is -0.478 e. The molecule has 0 rings (SSSR count). The first-order chi connectivity index (χ1) is 8.32. The SMILES string of the molecule is C=C(C)C(O)CC/C(C)=C/C=C/C(C)=C/C(=O)O. The van der Waals surface area contributed by atoms with Crippen LogP contribution in [-0.2, 0) is 4.79 Å². The number of aliphatic hydroxyl groups excluding tert-OH is 1. The van der Waals surface area contributed by atoms with Gasteiger partial charge in [-0.25, -0.2) is 4.79 Å². The van der Waals surface area contributed by atoms with Gasteiger partial charge in [-0.2, -0.15) is 0 Å². The minimum absolute atomic E-state index is 0.453. The summed E-state index contributed by atoms with van der Waals surface area (Å²) in [6.07, 6.45) is 7.64. The lowest BCUT2D eigenvalue weighted by Gasteiger charge is -2.09. The van der Waals surface area contributed by atoms with E-state index in [4.69, 9.17) is 5.11 Å². The second-order valence-corrected chi connectivity index (χ2v) is 4.50. The second kappa shape index (κ2) is 8.48. The molecule has 0 aliphatic carbocycles. The summed E-state index contributed by atoms with van der Waals surface area (Å²) >= 11 is 0. The van der Waals surface area contributed by atoms with Crippen molar-refractivity contribution in [3.8, 4) is 0 Å². The van der Waals surface area contributed by atoms with Gasteiger partial charge in [0.1, 0.15) is 0 Å². The lowest BCUT2D eigenvalue weighted by molar-refractivity contribution is -0.131. The van der Waals surface area contributed by atoms with Crippen molar-refractivity contribution in [2.75, 3.05) is 0 Å². The number of aliphatic carboxylic acids is 1. The molecule has 0 aromatic carbocycles. The van der Waals surface area contributed by atoms with E-state index in [9.17, 15) is 9.90 Å². The summed E-state index contributed by atoms with van der Waals surface area (Å²) in [5, 5.41) is 18.1. The maximum Gasteiger partial charge on any atom is 0.328 e. The zero-order valence-corrected chi connectivity index (χ0v) is 11.3. The third-order valence-corrected chi connectivity index (χ3v) is 2.47. The Kier molecular flexibility index (Phi) is 7.72. The molecule has 0 saturated heterocycles. The number of hydrogen-bond donors (Lipinski definition) is 2. The number of carboxylic acid groups (broad SMARTS) is 1. The molecule has 0 radical (unpaired) electrons. The Bertz CT molecular complexity index is 387. The second-order valence-electron chi connectivity index (χ2n) is 4.50. The molecule has 0 amide bonds. The van der Waals surface area contributed by atoms with E-state index < -0.39 is 12.1 Å². The highest BCUT2D eigenvalue weighted by atomic mass is 16.4. The molecule has 3 heteroatoms. The van der Waals surface area contributed by atoms with Gasteiger partial charge in [0, 0.05) is 6.08 Å². The molecule has 0 saturated carbocycles. The van der Waals surface area contributed by atoms with Crippen molar-refractivity contribution < 1.29 is 15.0 Å². The van der Waals surface area contributed by atoms with Gasteiger partial charge >= 0.3 is 5.97 Å². The Balaban J connectivity index is 4.23. The molecule has 1 unspecified atom stereocenters. The third-order valence-electron chi connectivity index (χ3n) is 2.47. The fourth-order valence-electron chi connectivity index (χ4n) is 1.30. The molecule has 3 nitrogen and oxygen atoms in total. The first-order valence-electron chi connectivity index (χ1n) is 5.91. The Morgan fingerprint density at radius 2 is 1.94 bits per heavy atom. The van der Waals surface area contributed by atoms with Crippen LogP contribution >= 0.6 is 0 Å². The van der Waals surface area contributed by atoms with Crippen LogP contribution in [0.1, 0.15) is 33.6 Å². The van der Waals surface area contributed by atoms with E-state index in [2.05, 4.69) is 6.58 Å². The topological polar surface area (TPSA) is 57.5 Å². The van der Waals surface area contributed by atoms with Crippen LogP contribution in [0.5, 0.6) is 0 Å². The van der Waals surface area contributed by atoms with Gasteiger partial charge in [0.15, 0.2) is 0 Å². The molecular weight excluding hydrogens is 228 g/mol. The van der Waals surface area contributed by atoms with E-state index in [0.29, 0.717) is 12.0 Å². The predicted octanol–water partition coefficient (Wildman–Crippen LogP) is 3.24. The molecular formula is C15H22O3. The standard InChI is InChI=1S/C15H22O3/c1-11(2)14(16)9-8-12(3)6-5-7-13(4)10-15(17)18/h5-7,10,14,16H,1,8-9H2,2-4H3,(H,17,18)/b7-5+,12-6+,13-10+. The summed E-state index contributed by atoms with van der Waals surface area (Å²) in [5.41, 5.74) is 2.60. The van der Waals surface area contributed by atoms with Crippen LogP contribution in [0.25, 0.3) is 0 Å². The van der Waals surface area contributed by atoms with Gasteiger partial charge in [-0.1, -0.05) is 36.0 Å². The van der Waals surface area contributed by atoms with Gasteiger partial charge in [-0.3, -0.25) is 0 Å². The van der Waals surface area contributed by atoms with Gasteiger partial charge in [0.2, 0.25) is 0 Å². The number of carboxylic acids is 1. The summed E-state index contributed by atoms with van der Waals surface area (Å²) in [4.78, 5) is 10.4.